The van der Waals surface area contributed by atoms with Crippen LogP contribution in [0.1, 0.15) is 42.9 Å². The van der Waals surface area contributed by atoms with E-state index in [1.807, 2.05) is 19.1 Å². The number of methoxy groups -OCH3 is 2. The maximum atomic E-state index is 12.1. The van der Waals surface area contributed by atoms with E-state index < -0.39 is 11.8 Å². The van der Waals surface area contributed by atoms with Crippen molar-refractivity contribution in [2.45, 2.75) is 33.1 Å². The molecule has 0 bridgehead atoms. The number of aryl methyl sites for hydroxylation is 1. The van der Waals surface area contributed by atoms with Crippen molar-refractivity contribution in [1.29, 1.82) is 0 Å². The fraction of sp³-hybridized carbons (Fsp3) is 0.318. The molecule has 0 fully saturated rings. The minimum absolute atomic E-state index is 0.283. The molecule has 7 heteroatoms. The Kier molecular flexibility index (Phi) is 7.77. The predicted octanol–water partition coefficient (Wildman–Crippen LogP) is 3.61. The number of anilines is 1. The van der Waals surface area contributed by atoms with Gasteiger partial charge in [0, 0.05) is 0 Å². The van der Waals surface area contributed by atoms with Crippen molar-refractivity contribution in [3.63, 3.8) is 0 Å². The van der Waals surface area contributed by atoms with E-state index in [9.17, 15) is 9.59 Å². The lowest BCUT2D eigenvalue weighted by molar-refractivity contribution is -0.126. The summed E-state index contributed by atoms with van der Waals surface area (Å²) in [5.41, 5.74) is 5.79. The van der Waals surface area contributed by atoms with Crippen LogP contribution in [0.15, 0.2) is 41.5 Å². The van der Waals surface area contributed by atoms with Gasteiger partial charge in [-0.1, -0.05) is 26.0 Å². The van der Waals surface area contributed by atoms with Gasteiger partial charge >= 0.3 is 0 Å². The highest BCUT2D eigenvalue weighted by atomic mass is 16.5. The van der Waals surface area contributed by atoms with Gasteiger partial charge in [-0.2, -0.15) is 5.10 Å². The molecule has 0 saturated heterocycles. The Morgan fingerprint density at radius 1 is 1.07 bits per heavy atom. The average Bonchev–Trinajstić information content (AvgIpc) is 2.68. The van der Waals surface area contributed by atoms with Crippen molar-refractivity contribution in [1.82, 2.24) is 5.43 Å². The van der Waals surface area contributed by atoms with Gasteiger partial charge in [0.05, 0.1) is 26.1 Å². The maximum absolute atomic E-state index is 12.1. The van der Waals surface area contributed by atoms with E-state index in [1.165, 1.54) is 7.11 Å². The van der Waals surface area contributed by atoms with E-state index in [-0.39, 0.29) is 12.3 Å². The zero-order valence-corrected chi connectivity index (χ0v) is 17.4. The first-order chi connectivity index (χ1) is 13.8. The molecular weight excluding hydrogens is 370 g/mol. The first-order valence-corrected chi connectivity index (χ1v) is 9.29. The van der Waals surface area contributed by atoms with Crippen LogP contribution in [0.4, 0.5) is 5.69 Å². The second-order valence-corrected chi connectivity index (χ2v) is 6.82. The maximum Gasteiger partial charge on any atom is 0.249 e. The van der Waals surface area contributed by atoms with Gasteiger partial charge in [-0.05, 0) is 53.8 Å². The zero-order valence-electron chi connectivity index (χ0n) is 17.4. The topological polar surface area (TPSA) is 89.0 Å². The zero-order chi connectivity index (χ0) is 21.4. The van der Waals surface area contributed by atoms with Crippen molar-refractivity contribution in [3.8, 4) is 11.5 Å². The molecule has 2 aromatic rings. The summed E-state index contributed by atoms with van der Waals surface area (Å²) in [6, 6.07) is 10.9. The molecule has 7 nitrogen and oxygen atoms in total. The molecule has 0 heterocycles. The molecule has 0 aliphatic rings. The SMILES string of the molecule is COc1ccccc1NC(=O)CC(=O)NN=Cc1cc(C(C)C)c(OC)cc1C. The monoisotopic (exact) mass is 397 g/mol. The molecule has 2 amide bonds. The van der Waals surface area contributed by atoms with Gasteiger partial charge in [-0.25, -0.2) is 5.43 Å². The summed E-state index contributed by atoms with van der Waals surface area (Å²) in [5, 5.41) is 6.63. The lowest BCUT2D eigenvalue weighted by Crippen LogP contribution is -2.24. The van der Waals surface area contributed by atoms with Crippen LogP contribution >= 0.6 is 0 Å². The van der Waals surface area contributed by atoms with Gasteiger partial charge in [-0.3, -0.25) is 9.59 Å². The van der Waals surface area contributed by atoms with Gasteiger partial charge in [-0.15, -0.1) is 0 Å². The van der Waals surface area contributed by atoms with E-state index in [0.717, 1.165) is 22.4 Å². The molecule has 0 atom stereocenters. The van der Waals surface area contributed by atoms with Gasteiger partial charge in [0.15, 0.2) is 0 Å². The molecule has 2 aromatic carbocycles. The van der Waals surface area contributed by atoms with E-state index in [2.05, 4.69) is 29.7 Å². The Morgan fingerprint density at radius 3 is 2.41 bits per heavy atom. The minimum atomic E-state index is -0.510. The van der Waals surface area contributed by atoms with Crippen LogP contribution < -0.4 is 20.2 Å². The third kappa shape index (κ3) is 6.07. The number of benzene rings is 2. The Hall–Kier alpha value is -3.35. The molecule has 0 aromatic heterocycles. The summed E-state index contributed by atoms with van der Waals surface area (Å²) in [6.07, 6.45) is 1.21. The van der Waals surface area contributed by atoms with Crippen LogP contribution in [0.3, 0.4) is 0 Å². The predicted molar refractivity (Wildman–Crippen MR) is 114 cm³/mol. The molecule has 0 saturated carbocycles. The number of ether oxygens (including phenoxy) is 2. The summed E-state index contributed by atoms with van der Waals surface area (Å²) >= 11 is 0. The molecule has 0 radical (unpaired) electrons. The highest BCUT2D eigenvalue weighted by molar-refractivity contribution is 6.04. The minimum Gasteiger partial charge on any atom is -0.496 e. The Bertz CT molecular complexity index is 907. The summed E-state index contributed by atoms with van der Waals surface area (Å²) in [5.74, 6) is 0.668. The number of hydrogen-bond acceptors (Lipinski definition) is 5. The van der Waals surface area contributed by atoms with Crippen LogP contribution in [0.5, 0.6) is 11.5 Å². The molecule has 0 spiro atoms. The van der Waals surface area contributed by atoms with Crippen LogP contribution in [-0.4, -0.2) is 32.2 Å². The fourth-order valence-corrected chi connectivity index (χ4v) is 2.78. The first kappa shape index (κ1) is 21.9. The number of para-hydroxylation sites is 2. The van der Waals surface area contributed by atoms with Gasteiger partial charge < -0.3 is 14.8 Å². The second kappa shape index (κ2) is 10.3. The molecular formula is C22H27N3O4. The van der Waals surface area contributed by atoms with E-state index in [1.54, 1.807) is 37.6 Å². The van der Waals surface area contributed by atoms with Crippen LogP contribution in [0, 0.1) is 6.92 Å². The average molecular weight is 397 g/mol. The number of amides is 2. The Labute approximate surface area is 171 Å². The highest BCUT2D eigenvalue weighted by Gasteiger charge is 2.12. The normalized spacial score (nSPS) is 10.8. The third-order valence-electron chi connectivity index (χ3n) is 4.34. The fourth-order valence-electron chi connectivity index (χ4n) is 2.78. The smallest absolute Gasteiger partial charge is 0.249 e. The van der Waals surface area contributed by atoms with Crippen molar-refractivity contribution < 1.29 is 19.1 Å². The Balaban J connectivity index is 1.97. The lowest BCUT2D eigenvalue weighted by atomic mass is 9.97. The molecule has 0 aliphatic carbocycles. The Morgan fingerprint density at radius 2 is 1.76 bits per heavy atom. The first-order valence-electron chi connectivity index (χ1n) is 9.29. The summed E-state index contributed by atoms with van der Waals surface area (Å²) < 4.78 is 10.6. The van der Waals surface area contributed by atoms with Crippen molar-refractivity contribution >= 4 is 23.7 Å². The van der Waals surface area contributed by atoms with Crippen molar-refractivity contribution in [2.24, 2.45) is 5.10 Å². The standard InChI is InChI=1S/C22H27N3O4/c1-14(2)17-11-16(15(3)10-20(17)29-5)13-23-25-22(27)12-21(26)24-18-8-6-7-9-19(18)28-4/h6-11,13-14H,12H2,1-5H3,(H,24,26)(H,25,27). The third-order valence-corrected chi connectivity index (χ3v) is 4.34. The molecule has 2 N–H and O–H groups in total. The number of carbonyl (C=O) groups excluding carboxylic acids is 2. The highest BCUT2D eigenvalue weighted by Crippen LogP contribution is 2.29. The summed E-state index contributed by atoms with van der Waals surface area (Å²) in [6.45, 7) is 6.10. The largest absolute Gasteiger partial charge is 0.496 e. The van der Waals surface area contributed by atoms with Crippen LogP contribution in [0.2, 0.25) is 0 Å². The quantitative estimate of drug-likeness (QED) is 0.405. The molecule has 154 valence electrons. The summed E-state index contributed by atoms with van der Waals surface area (Å²) in [4.78, 5) is 24.1. The second-order valence-electron chi connectivity index (χ2n) is 6.82. The molecule has 0 aliphatic heterocycles. The number of nitrogens with zero attached hydrogens (tertiary/aromatic N) is 1. The van der Waals surface area contributed by atoms with Crippen LogP contribution in [0.25, 0.3) is 0 Å². The number of carbonyl (C=O) groups is 2. The van der Waals surface area contributed by atoms with E-state index >= 15 is 0 Å². The number of rotatable bonds is 8. The van der Waals surface area contributed by atoms with Gasteiger partial charge in [0.2, 0.25) is 11.8 Å². The lowest BCUT2D eigenvalue weighted by Gasteiger charge is -2.14. The molecule has 2 rings (SSSR count). The van der Waals surface area contributed by atoms with Crippen molar-refractivity contribution in [3.05, 3.63) is 53.1 Å². The number of hydrazone groups is 1. The van der Waals surface area contributed by atoms with Crippen LogP contribution in [-0.2, 0) is 9.59 Å². The van der Waals surface area contributed by atoms with E-state index in [4.69, 9.17) is 9.47 Å². The molecule has 0 unspecified atom stereocenters. The van der Waals surface area contributed by atoms with Gasteiger partial charge in [0.1, 0.15) is 17.9 Å². The van der Waals surface area contributed by atoms with E-state index in [0.29, 0.717) is 11.4 Å². The number of hydrogen-bond donors (Lipinski definition) is 2. The van der Waals surface area contributed by atoms with Crippen molar-refractivity contribution in [2.75, 3.05) is 19.5 Å². The number of nitrogens with one attached hydrogen (secondary N) is 2. The molecule has 29 heavy (non-hydrogen) atoms. The summed E-state index contributed by atoms with van der Waals surface area (Å²) in [7, 11) is 3.16. The van der Waals surface area contributed by atoms with Gasteiger partial charge in [0.25, 0.3) is 0 Å².